The number of carbonyl (C=O) groups excluding carboxylic acids is 2. The van der Waals surface area contributed by atoms with E-state index in [4.69, 9.17) is 4.74 Å². The van der Waals surface area contributed by atoms with E-state index in [1.54, 1.807) is 12.1 Å². The standard InChI is InChI=1S/C18H29N3O4/c1-12(2)10-25-11-17(23)9-19-18(24)20-13(3)15-6-5-7-16(8-15)21-14(4)22/h5-8,12-13,17,23H,9-11H2,1-4H3,(H,21,22)(H2,19,20,24)/t13-,17+/m1/s1. The van der Waals surface area contributed by atoms with Crippen molar-refractivity contribution in [3.63, 3.8) is 0 Å². The number of nitrogens with one attached hydrogen (secondary N) is 3. The lowest BCUT2D eigenvalue weighted by Crippen LogP contribution is -2.41. The average Bonchev–Trinajstić information content (AvgIpc) is 2.52. The Kier molecular flexibility index (Phi) is 8.94. The minimum absolute atomic E-state index is 0.114. The molecule has 3 amide bonds. The number of benzene rings is 1. The fourth-order valence-electron chi connectivity index (χ4n) is 2.13. The second-order valence-electron chi connectivity index (χ2n) is 6.47. The Labute approximate surface area is 149 Å². The van der Waals surface area contributed by atoms with Crippen LogP contribution in [0.4, 0.5) is 10.5 Å². The zero-order valence-corrected chi connectivity index (χ0v) is 15.3. The second kappa shape index (κ2) is 10.7. The maximum atomic E-state index is 11.9. The first-order valence-electron chi connectivity index (χ1n) is 8.45. The molecule has 7 nitrogen and oxygen atoms in total. The monoisotopic (exact) mass is 351 g/mol. The minimum Gasteiger partial charge on any atom is -0.389 e. The van der Waals surface area contributed by atoms with Crippen molar-refractivity contribution in [1.29, 1.82) is 0 Å². The maximum absolute atomic E-state index is 11.9. The summed E-state index contributed by atoms with van der Waals surface area (Å²) in [6, 6.07) is 6.65. The Morgan fingerprint density at radius 2 is 1.92 bits per heavy atom. The van der Waals surface area contributed by atoms with E-state index >= 15 is 0 Å². The highest BCUT2D eigenvalue weighted by Gasteiger charge is 2.12. The molecule has 0 aliphatic rings. The number of hydrogen-bond acceptors (Lipinski definition) is 4. The van der Waals surface area contributed by atoms with Gasteiger partial charge in [0.05, 0.1) is 18.8 Å². The highest BCUT2D eigenvalue weighted by molar-refractivity contribution is 5.88. The summed E-state index contributed by atoms with van der Waals surface area (Å²) in [7, 11) is 0. The largest absolute Gasteiger partial charge is 0.389 e. The number of amides is 3. The summed E-state index contributed by atoms with van der Waals surface area (Å²) in [5, 5.41) is 17.9. The average molecular weight is 351 g/mol. The third-order valence-corrected chi connectivity index (χ3v) is 3.31. The van der Waals surface area contributed by atoms with Crippen LogP contribution >= 0.6 is 0 Å². The van der Waals surface area contributed by atoms with Crippen molar-refractivity contribution < 1.29 is 19.4 Å². The van der Waals surface area contributed by atoms with Crippen LogP contribution in [0.2, 0.25) is 0 Å². The third kappa shape index (κ3) is 9.07. The topological polar surface area (TPSA) is 99.7 Å². The molecule has 0 fully saturated rings. The molecule has 0 bridgehead atoms. The first kappa shape index (κ1) is 20.9. The van der Waals surface area contributed by atoms with E-state index in [-0.39, 0.29) is 31.1 Å². The normalized spacial score (nSPS) is 13.2. The third-order valence-electron chi connectivity index (χ3n) is 3.31. The molecule has 0 saturated heterocycles. The summed E-state index contributed by atoms with van der Waals surface area (Å²) in [4.78, 5) is 23.0. The van der Waals surface area contributed by atoms with Gasteiger partial charge in [0.2, 0.25) is 5.91 Å². The Balaban J connectivity index is 2.39. The molecule has 7 heteroatoms. The number of anilines is 1. The van der Waals surface area contributed by atoms with Crippen LogP contribution in [-0.4, -0.2) is 42.9 Å². The Bertz CT molecular complexity index is 563. The van der Waals surface area contributed by atoms with Crippen LogP contribution in [0, 0.1) is 5.92 Å². The predicted octanol–water partition coefficient (Wildman–Crippen LogP) is 2.04. The van der Waals surface area contributed by atoms with Gasteiger partial charge >= 0.3 is 6.03 Å². The molecule has 0 spiro atoms. The van der Waals surface area contributed by atoms with Crippen LogP contribution in [-0.2, 0) is 9.53 Å². The number of aliphatic hydroxyl groups is 1. The molecule has 0 heterocycles. The van der Waals surface area contributed by atoms with Gasteiger partial charge in [-0.25, -0.2) is 4.79 Å². The molecular formula is C18H29N3O4. The molecule has 0 saturated carbocycles. The van der Waals surface area contributed by atoms with Gasteiger partial charge in [0.25, 0.3) is 0 Å². The SMILES string of the molecule is CC(=O)Nc1cccc([C@@H](C)NC(=O)NC[C@H](O)COCC(C)C)c1. The molecule has 140 valence electrons. The fraction of sp³-hybridized carbons (Fsp3) is 0.556. The lowest BCUT2D eigenvalue weighted by Gasteiger charge is -2.18. The van der Waals surface area contributed by atoms with Crippen molar-refractivity contribution in [2.45, 2.75) is 39.8 Å². The second-order valence-corrected chi connectivity index (χ2v) is 6.47. The summed E-state index contributed by atoms with van der Waals surface area (Å²) in [5.41, 5.74) is 1.54. The summed E-state index contributed by atoms with van der Waals surface area (Å²) < 4.78 is 5.33. The smallest absolute Gasteiger partial charge is 0.315 e. The molecule has 0 aromatic heterocycles. The maximum Gasteiger partial charge on any atom is 0.315 e. The quantitative estimate of drug-likeness (QED) is 0.547. The Hall–Kier alpha value is -2.12. The van der Waals surface area contributed by atoms with Crippen molar-refractivity contribution in [3.05, 3.63) is 29.8 Å². The van der Waals surface area contributed by atoms with Gasteiger partial charge in [0, 0.05) is 25.8 Å². The van der Waals surface area contributed by atoms with E-state index < -0.39 is 6.10 Å². The summed E-state index contributed by atoms with van der Waals surface area (Å²) in [5.74, 6) is 0.252. The van der Waals surface area contributed by atoms with Crippen molar-refractivity contribution in [1.82, 2.24) is 10.6 Å². The molecule has 2 atom stereocenters. The predicted molar refractivity (Wildman–Crippen MR) is 97.4 cm³/mol. The van der Waals surface area contributed by atoms with Crippen LogP contribution in [0.5, 0.6) is 0 Å². The van der Waals surface area contributed by atoms with Crippen LogP contribution in [0.25, 0.3) is 0 Å². The number of rotatable bonds is 9. The molecule has 1 aromatic carbocycles. The molecule has 0 aliphatic heterocycles. The Morgan fingerprint density at radius 1 is 1.20 bits per heavy atom. The first-order chi connectivity index (χ1) is 11.8. The van der Waals surface area contributed by atoms with E-state index in [9.17, 15) is 14.7 Å². The summed E-state index contributed by atoms with van der Waals surface area (Å²) in [6.45, 7) is 8.22. The molecule has 25 heavy (non-hydrogen) atoms. The number of hydrogen-bond donors (Lipinski definition) is 4. The molecule has 0 unspecified atom stereocenters. The molecule has 1 aromatic rings. The van der Waals surface area contributed by atoms with E-state index in [0.717, 1.165) is 5.56 Å². The number of ether oxygens (including phenoxy) is 1. The van der Waals surface area contributed by atoms with E-state index in [1.807, 2.05) is 32.9 Å². The van der Waals surface area contributed by atoms with Gasteiger partial charge < -0.3 is 25.8 Å². The molecule has 4 N–H and O–H groups in total. The van der Waals surface area contributed by atoms with Crippen LogP contribution in [0.3, 0.4) is 0 Å². The Morgan fingerprint density at radius 3 is 2.56 bits per heavy atom. The molecular weight excluding hydrogens is 322 g/mol. The zero-order valence-electron chi connectivity index (χ0n) is 15.3. The van der Waals surface area contributed by atoms with Crippen LogP contribution < -0.4 is 16.0 Å². The highest BCUT2D eigenvalue weighted by Crippen LogP contribution is 2.17. The van der Waals surface area contributed by atoms with Crippen molar-refractivity contribution in [2.24, 2.45) is 5.92 Å². The highest BCUT2D eigenvalue weighted by atomic mass is 16.5. The van der Waals surface area contributed by atoms with Gasteiger partial charge in [-0.15, -0.1) is 0 Å². The lowest BCUT2D eigenvalue weighted by molar-refractivity contribution is -0.114. The zero-order chi connectivity index (χ0) is 18.8. The van der Waals surface area contributed by atoms with Crippen molar-refractivity contribution in [2.75, 3.05) is 25.1 Å². The van der Waals surface area contributed by atoms with Gasteiger partial charge in [-0.1, -0.05) is 26.0 Å². The van der Waals surface area contributed by atoms with Gasteiger partial charge in [-0.3, -0.25) is 4.79 Å². The summed E-state index contributed by atoms with van der Waals surface area (Å²) in [6.07, 6.45) is -0.747. The number of carbonyl (C=O) groups is 2. The fourth-order valence-corrected chi connectivity index (χ4v) is 2.13. The van der Waals surface area contributed by atoms with E-state index in [1.165, 1.54) is 6.92 Å². The van der Waals surface area contributed by atoms with E-state index in [2.05, 4.69) is 16.0 Å². The molecule has 1 rings (SSSR count). The van der Waals surface area contributed by atoms with Gasteiger partial charge in [-0.2, -0.15) is 0 Å². The van der Waals surface area contributed by atoms with Gasteiger partial charge in [0.15, 0.2) is 0 Å². The van der Waals surface area contributed by atoms with E-state index in [0.29, 0.717) is 18.2 Å². The van der Waals surface area contributed by atoms with Crippen LogP contribution in [0.15, 0.2) is 24.3 Å². The van der Waals surface area contributed by atoms with Crippen LogP contribution in [0.1, 0.15) is 39.3 Å². The lowest BCUT2D eigenvalue weighted by atomic mass is 10.1. The first-order valence-corrected chi connectivity index (χ1v) is 8.45. The van der Waals surface area contributed by atoms with Crippen molar-refractivity contribution >= 4 is 17.6 Å². The minimum atomic E-state index is -0.747. The number of aliphatic hydroxyl groups excluding tert-OH is 1. The summed E-state index contributed by atoms with van der Waals surface area (Å²) >= 11 is 0. The number of urea groups is 1. The van der Waals surface area contributed by atoms with Gasteiger partial charge in [0.1, 0.15) is 0 Å². The van der Waals surface area contributed by atoms with Crippen molar-refractivity contribution in [3.8, 4) is 0 Å². The van der Waals surface area contributed by atoms with Gasteiger partial charge in [-0.05, 0) is 30.5 Å². The molecule has 0 radical (unpaired) electrons. The molecule has 0 aliphatic carbocycles.